The highest BCUT2D eigenvalue weighted by molar-refractivity contribution is 6.30. The maximum atomic E-state index is 12.1. The van der Waals surface area contributed by atoms with E-state index < -0.39 is 0 Å². The molecular weight excluding hydrogens is 284 g/mol. The van der Waals surface area contributed by atoms with Crippen LogP contribution in [0.1, 0.15) is 29.8 Å². The summed E-state index contributed by atoms with van der Waals surface area (Å²) in [6.07, 6.45) is 0. The van der Waals surface area contributed by atoms with Crippen molar-refractivity contribution in [3.8, 4) is 0 Å². The lowest BCUT2D eigenvalue weighted by Gasteiger charge is -2.10. The van der Waals surface area contributed by atoms with E-state index in [-0.39, 0.29) is 11.8 Å². The predicted molar refractivity (Wildman–Crippen MR) is 86.7 cm³/mol. The van der Waals surface area contributed by atoms with Gasteiger partial charge in [0.25, 0.3) is 5.91 Å². The van der Waals surface area contributed by atoms with Gasteiger partial charge in [-0.3, -0.25) is 4.79 Å². The van der Waals surface area contributed by atoms with Crippen molar-refractivity contribution >= 4 is 23.2 Å². The molecule has 0 aromatic heterocycles. The number of hydrogen-bond acceptors (Lipinski definition) is 2. The van der Waals surface area contributed by atoms with Crippen LogP contribution in [-0.2, 0) is 0 Å². The summed E-state index contributed by atoms with van der Waals surface area (Å²) in [5, 5.41) is 4.88. The molecule has 0 atom stereocenters. The largest absolute Gasteiger partial charge is 0.271 e. The highest BCUT2D eigenvalue weighted by Gasteiger charge is 2.10. The standard InChI is InChI=1S/C17H17ClN2O/c1-12(2)16(13-6-4-3-5-7-13)19-20-17(21)14-8-10-15(18)11-9-14/h3-12H,1-2H3,(H,20,21)/b19-16-. The minimum Gasteiger partial charge on any atom is -0.267 e. The third kappa shape index (κ3) is 4.17. The summed E-state index contributed by atoms with van der Waals surface area (Å²) < 4.78 is 0. The first-order chi connectivity index (χ1) is 10.1. The molecule has 21 heavy (non-hydrogen) atoms. The normalized spacial score (nSPS) is 11.5. The van der Waals surface area contributed by atoms with Gasteiger partial charge in [0, 0.05) is 10.6 Å². The second-order valence-electron chi connectivity index (χ2n) is 4.97. The van der Waals surface area contributed by atoms with Crippen LogP contribution in [0.3, 0.4) is 0 Å². The Hall–Kier alpha value is -2.13. The Kier molecular flexibility index (Phi) is 5.12. The Bertz CT molecular complexity index is 634. The lowest BCUT2D eigenvalue weighted by Crippen LogP contribution is -2.22. The Morgan fingerprint density at radius 1 is 1.00 bits per heavy atom. The van der Waals surface area contributed by atoms with Crippen LogP contribution in [0.2, 0.25) is 5.02 Å². The number of benzene rings is 2. The molecule has 0 aliphatic rings. The van der Waals surface area contributed by atoms with Gasteiger partial charge >= 0.3 is 0 Å². The molecule has 108 valence electrons. The van der Waals surface area contributed by atoms with Gasteiger partial charge in [-0.1, -0.05) is 55.8 Å². The molecule has 3 nitrogen and oxygen atoms in total. The maximum Gasteiger partial charge on any atom is 0.271 e. The summed E-state index contributed by atoms with van der Waals surface area (Å²) >= 11 is 5.81. The molecule has 2 aromatic carbocycles. The molecule has 0 saturated carbocycles. The molecule has 0 bridgehead atoms. The van der Waals surface area contributed by atoms with Gasteiger partial charge in [-0.25, -0.2) is 5.43 Å². The Morgan fingerprint density at radius 3 is 2.19 bits per heavy atom. The quantitative estimate of drug-likeness (QED) is 0.669. The summed E-state index contributed by atoms with van der Waals surface area (Å²) in [5.41, 5.74) is 4.98. The van der Waals surface area contributed by atoms with Crippen LogP contribution in [0.25, 0.3) is 0 Å². The second-order valence-corrected chi connectivity index (χ2v) is 5.40. The molecule has 0 heterocycles. The van der Waals surface area contributed by atoms with E-state index in [1.807, 2.05) is 44.2 Å². The Morgan fingerprint density at radius 2 is 1.62 bits per heavy atom. The number of carbonyl (C=O) groups excluding carboxylic acids is 1. The fourth-order valence-electron chi connectivity index (χ4n) is 1.91. The lowest BCUT2D eigenvalue weighted by atomic mass is 10.0. The molecule has 0 aliphatic carbocycles. The minimum absolute atomic E-state index is 0.206. The van der Waals surface area contributed by atoms with E-state index >= 15 is 0 Å². The molecular formula is C17H17ClN2O. The number of carbonyl (C=O) groups is 1. The van der Waals surface area contributed by atoms with Crippen molar-refractivity contribution in [1.29, 1.82) is 0 Å². The first-order valence-electron chi connectivity index (χ1n) is 6.77. The van der Waals surface area contributed by atoms with Crippen molar-refractivity contribution in [2.75, 3.05) is 0 Å². The SMILES string of the molecule is CC(C)/C(=N/NC(=O)c1ccc(Cl)cc1)c1ccccc1. The van der Waals surface area contributed by atoms with E-state index in [0.717, 1.165) is 11.3 Å². The van der Waals surface area contributed by atoms with Gasteiger partial charge in [-0.2, -0.15) is 5.10 Å². The smallest absolute Gasteiger partial charge is 0.267 e. The van der Waals surface area contributed by atoms with Crippen molar-refractivity contribution in [1.82, 2.24) is 5.43 Å². The van der Waals surface area contributed by atoms with Crippen LogP contribution in [0.5, 0.6) is 0 Å². The average Bonchev–Trinajstić information content (AvgIpc) is 2.48. The van der Waals surface area contributed by atoms with Gasteiger partial charge < -0.3 is 0 Å². The molecule has 2 aromatic rings. The predicted octanol–water partition coefficient (Wildman–Crippen LogP) is 4.13. The number of hydrogen-bond donors (Lipinski definition) is 1. The van der Waals surface area contributed by atoms with E-state index in [0.29, 0.717) is 10.6 Å². The molecule has 0 saturated heterocycles. The Balaban J connectivity index is 2.17. The van der Waals surface area contributed by atoms with Crippen molar-refractivity contribution in [3.63, 3.8) is 0 Å². The van der Waals surface area contributed by atoms with E-state index in [2.05, 4.69) is 10.5 Å². The summed E-state index contributed by atoms with van der Waals surface area (Å²) in [4.78, 5) is 12.1. The Labute approximate surface area is 129 Å². The molecule has 0 aliphatic heterocycles. The fourth-order valence-corrected chi connectivity index (χ4v) is 2.04. The monoisotopic (exact) mass is 300 g/mol. The van der Waals surface area contributed by atoms with Gasteiger partial charge in [0.2, 0.25) is 0 Å². The third-order valence-electron chi connectivity index (χ3n) is 3.00. The summed E-state index contributed by atoms with van der Waals surface area (Å²) in [6.45, 7) is 4.08. The van der Waals surface area contributed by atoms with Gasteiger partial charge in [0.1, 0.15) is 0 Å². The first kappa shape index (κ1) is 15.3. The van der Waals surface area contributed by atoms with E-state index in [1.165, 1.54) is 0 Å². The summed E-state index contributed by atoms with van der Waals surface area (Å²) in [5.74, 6) is -0.0429. The summed E-state index contributed by atoms with van der Waals surface area (Å²) in [7, 11) is 0. The molecule has 0 fully saturated rings. The van der Waals surface area contributed by atoms with Crippen LogP contribution >= 0.6 is 11.6 Å². The second kappa shape index (κ2) is 7.04. The number of halogens is 1. The lowest BCUT2D eigenvalue weighted by molar-refractivity contribution is 0.0954. The number of nitrogens with zero attached hydrogens (tertiary/aromatic N) is 1. The van der Waals surface area contributed by atoms with Gasteiger partial charge in [0.05, 0.1) is 5.71 Å². The molecule has 0 unspecified atom stereocenters. The zero-order chi connectivity index (χ0) is 15.2. The highest BCUT2D eigenvalue weighted by Crippen LogP contribution is 2.11. The van der Waals surface area contributed by atoms with Crippen LogP contribution < -0.4 is 5.43 Å². The molecule has 0 radical (unpaired) electrons. The van der Waals surface area contributed by atoms with Crippen LogP contribution in [0.4, 0.5) is 0 Å². The first-order valence-corrected chi connectivity index (χ1v) is 7.14. The topological polar surface area (TPSA) is 41.5 Å². The molecule has 2 rings (SSSR count). The van der Waals surface area contributed by atoms with Crippen molar-refractivity contribution < 1.29 is 4.79 Å². The average molecular weight is 301 g/mol. The van der Waals surface area contributed by atoms with Crippen LogP contribution in [-0.4, -0.2) is 11.6 Å². The van der Waals surface area contributed by atoms with Crippen molar-refractivity contribution in [3.05, 3.63) is 70.7 Å². The van der Waals surface area contributed by atoms with E-state index in [4.69, 9.17) is 11.6 Å². The summed E-state index contributed by atoms with van der Waals surface area (Å²) in [6, 6.07) is 16.5. The van der Waals surface area contributed by atoms with Gasteiger partial charge in [0.15, 0.2) is 0 Å². The van der Waals surface area contributed by atoms with E-state index in [9.17, 15) is 4.79 Å². The molecule has 1 N–H and O–H groups in total. The van der Waals surface area contributed by atoms with Crippen molar-refractivity contribution in [2.45, 2.75) is 13.8 Å². The zero-order valence-corrected chi connectivity index (χ0v) is 12.8. The van der Waals surface area contributed by atoms with Crippen LogP contribution in [0.15, 0.2) is 59.7 Å². The van der Waals surface area contributed by atoms with Crippen LogP contribution in [0, 0.1) is 5.92 Å². The number of rotatable bonds is 4. The van der Waals surface area contributed by atoms with Gasteiger partial charge in [-0.05, 0) is 35.7 Å². The minimum atomic E-state index is -0.249. The highest BCUT2D eigenvalue weighted by atomic mass is 35.5. The number of nitrogens with one attached hydrogen (secondary N) is 1. The zero-order valence-electron chi connectivity index (χ0n) is 12.0. The molecule has 4 heteroatoms. The maximum absolute atomic E-state index is 12.1. The van der Waals surface area contributed by atoms with E-state index in [1.54, 1.807) is 24.3 Å². The van der Waals surface area contributed by atoms with Crippen molar-refractivity contribution in [2.24, 2.45) is 11.0 Å². The fraction of sp³-hybridized carbons (Fsp3) is 0.176. The number of amides is 1. The number of hydrazone groups is 1. The molecule has 1 amide bonds. The molecule has 0 spiro atoms. The van der Waals surface area contributed by atoms with Gasteiger partial charge in [-0.15, -0.1) is 0 Å². The third-order valence-corrected chi connectivity index (χ3v) is 3.25.